The fourth-order valence-electron chi connectivity index (χ4n) is 3.27. The average Bonchev–Trinajstić information content (AvgIpc) is 3.07. The van der Waals surface area contributed by atoms with E-state index in [2.05, 4.69) is 0 Å². The third kappa shape index (κ3) is 3.46. The summed E-state index contributed by atoms with van der Waals surface area (Å²) in [5.41, 5.74) is 1.30. The molecule has 6 heteroatoms. The normalized spacial score (nSPS) is 19.7. The number of halogens is 1. The van der Waals surface area contributed by atoms with Crippen molar-refractivity contribution in [1.29, 1.82) is 0 Å². The zero-order valence-corrected chi connectivity index (χ0v) is 14.4. The van der Waals surface area contributed by atoms with Crippen LogP contribution in [0.3, 0.4) is 0 Å². The second kappa shape index (κ2) is 7.15. The molecule has 2 aromatic rings. The first kappa shape index (κ1) is 17.3. The first-order valence-electron chi connectivity index (χ1n) is 7.92. The number of aliphatic carboxylic acids is 1. The Balaban J connectivity index is 1.89. The summed E-state index contributed by atoms with van der Waals surface area (Å²) < 4.78 is 5.24. The number of hydrogen-bond acceptors (Lipinski definition) is 3. The van der Waals surface area contributed by atoms with E-state index >= 15 is 0 Å². The standard InChI is InChI=1S/C19H18ClNO4/c1-25-17-9-13(20)7-8-14(17)18(22)21-10-15(16(11-21)19(23)24)12-5-3-2-4-6-12/h2-9,15-16H,10-11H2,1H3,(H,23,24). The lowest BCUT2D eigenvalue weighted by molar-refractivity contribution is -0.141. The van der Waals surface area contributed by atoms with E-state index in [1.165, 1.54) is 7.11 Å². The molecule has 2 aromatic carbocycles. The van der Waals surface area contributed by atoms with Crippen LogP contribution < -0.4 is 4.74 Å². The van der Waals surface area contributed by atoms with E-state index in [1.807, 2.05) is 30.3 Å². The van der Waals surface area contributed by atoms with Crippen molar-refractivity contribution >= 4 is 23.5 Å². The number of rotatable bonds is 4. The van der Waals surface area contributed by atoms with Crippen LogP contribution in [-0.4, -0.2) is 42.1 Å². The molecule has 130 valence electrons. The maximum atomic E-state index is 12.9. The molecule has 1 heterocycles. The van der Waals surface area contributed by atoms with Crippen LogP contribution in [0.5, 0.6) is 5.75 Å². The van der Waals surface area contributed by atoms with Gasteiger partial charge in [-0.3, -0.25) is 9.59 Å². The van der Waals surface area contributed by atoms with Crippen molar-refractivity contribution in [3.63, 3.8) is 0 Å². The Labute approximate surface area is 150 Å². The number of carboxylic acid groups (broad SMARTS) is 1. The van der Waals surface area contributed by atoms with E-state index in [4.69, 9.17) is 16.3 Å². The van der Waals surface area contributed by atoms with Crippen molar-refractivity contribution in [3.8, 4) is 5.75 Å². The van der Waals surface area contributed by atoms with Crippen molar-refractivity contribution in [3.05, 3.63) is 64.7 Å². The van der Waals surface area contributed by atoms with Gasteiger partial charge >= 0.3 is 5.97 Å². The molecule has 1 fully saturated rings. The molecule has 1 saturated heterocycles. The molecule has 0 aromatic heterocycles. The van der Waals surface area contributed by atoms with E-state index < -0.39 is 11.9 Å². The van der Waals surface area contributed by atoms with E-state index in [-0.39, 0.29) is 18.4 Å². The zero-order chi connectivity index (χ0) is 18.0. The summed E-state index contributed by atoms with van der Waals surface area (Å²) in [7, 11) is 1.47. The van der Waals surface area contributed by atoms with Crippen LogP contribution in [-0.2, 0) is 4.79 Å². The van der Waals surface area contributed by atoms with Crippen LogP contribution >= 0.6 is 11.6 Å². The van der Waals surface area contributed by atoms with E-state index in [0.717, 1.165) is 5.56 Å². The summed E-state index contributed by atoms with van der Waals surface area (Å²) in [4.78, 5) is 26.1. The molecule has 1 N–H and O–H groups in total. The molecule has 25 heavy (non-hydrogen) atoms. The second-order valence-electron chi connectivity index (χ2n) is 6.02. The highest BCUT2D eigenvalue weighted by Crippen LogP contribution is 2.35. The van der Waals surface area contributed by atoms with Crippen LogP contribution in [0.2, 0.25) is 5.02 Å². The number of methoxy groups -OCH3 is 1. The maximum absolute atomic E-state index is 12.9. The quantitative estimate of drug-likeness (QED) is 0.909. The predicted octanol–water partition coefficient (Wildman–Crippen LogP) is 3.29. The van der Waals surface area contributed by atoms with E-state index in [9.17, 15) is 14.7 Å². The van der Waals surface area contributed by atoms with Gasteiger partial charge in [-0.15, -0.1) is 0 Å². The average molecular weight is 360 g/mol. The van der Waals surface area contributed by atoms with E-state index in [0.29, 0.717) is 22.9 Å². The summed E-state index contributed by atoms with van der Waals surface area (Å²) >= 11 is 5.95. The molecular weight excluding hydrogens is 342 g/mol. The number of ether oxygens (including phenoxy) is 1. The Morgan fingerprint density at radius 1 is 1.16 bits per heavy atom. The zero-order valence-electron chi connectivity index (χ0n) is 13.7. The minimum atomic E-state index is -0.896. The lowest BCUT2D eigenvalue weighted by Gasteiger charge is -2.18. The highest BCUT2D eigenvalue weighted by atomic mass is 35.5. The van der Waals surface area contributed by atoms with Gasteiger partial charge in [-0.1, -0.05) is 41.9 Å². The fraction of sp³-hybridized carbons (Fsp3) is 0.263. The number of carboxylic acids is 1. The lowest BCUT2D eigenvalue weighted by atomic mass is 9.89. The van der Waals surface area contributed by atoms with Crippen LogP contribution in [0.15, 0.2) is 48.5 Å². The third-order valence-corrected chi connectivity index (χ3v) is 4.78. The Bertz CT molecular complexity index is 793. The molecule has 1 amide bonds. The molecule has 0 saturated carbocycles. The first-order chi connectivity index (χ1) is 12.0. The van der Waals surface area contributed by atoms with Gasteiger partial charge in [-0.2, -0.15) is 0 Å². The van der Waals surface area contributed by atoms with Gasteiger partial charge in [0.25, 0.3) is 5.91 Å². The smallest absolute Gasteiger partial charge is 0.308 e. The predicted molar refractivity (Wildman–Crippen MR) is 94.2 cm³/mol. The second-order valence-corrected chi connectivity index (χ2v) is 6.45. The lowest BCUT2D eigenvalue weighted by Crippen LogP contribution is -2.30. The largest absolute Gasteiger partial charge is 0.496 e. The molecule has 5 nitrogen and oxygen atoms in total. The summed E-state index contributed by atoms with van der Waals surface area (Å²) in [5, 5.41) is 10.0. The number of carbonyl (C=O) groups is 2. The molecule has 3 rings (SSSR count). The third-order valence-electron chi connectivity index (χ3n) is 4.55. The number of benzene rings is 2. The molecule has 2 unspecified atom stereocenters. The fourth-order valence-corrected chi connectivity index (χ4v) is 3.43. The van der Waals surface area contributed by atoms with Crippen molar-refractivity contribution in [2.45, 2.75) is 5.92 Å². The minimum absolute atomic E-state index is 0.166. The van der Waals surface area contributed by atoms with E-state index in [1.54, 1.807) is 23.1 Å². The van der Waals surface area contributed by atoms with Crippen molar-refractivity contribution in [2.75, 3.05) is 20.2 Å². The molecule has 0 spiro atoms. The van der Waals surface area contributed by atoms with Gasteiger partial charge in [0.15, 0.2) is 0 Å². The summed E-state index contributed by atoms with van der Waals surface area (Å²) in [5.74, 6) is -1.64. The Hall–Kier alpha value is -2.53. The van der Waals surface area contributed by atoms with Gasteiger partial charge in [0.05, 0.1) is 18.6 Å². The first-order valence-corrected chi connectivity index (χ1v) is 8.29. The highest BCUT2D eigenvalue weighted by Gasteiger charge is 2.41. The maximum Gasteiger partial charge on any atom is 0.308 e. The Kier molecular flexibility index (Phi) is 4.95. The molecule has 0 aliphatic carbocycles. The highest BCUT2D eigenvalue weighted by molar-refractivity contribution is 6.30. The Morgan fingerprint density at radius 3 is 2.52 bits per heavy atom. The van der Waals surface area contributed by atoms with Gasteiger partial charge in [0, 0.05) is 24.0 Å². The van der Waals surface area contributed by atoms with Crippen LogP contribution in [0.4, 0.5) is 0 Å². The van der Waals surface area contributed by atoms with Crippen LogP contribution in [0.25, 0.3) is 0 Å². The summed E-state index contributed by atoms with van der Waals surface area (Å²) in [6.45, 7) is 0.519. The molecule has 1 aliphatic rings. The molecule has 0 bridgehead atoms. The van der Waals surface area contributed by atoms with Gasteiger partial charge in [-0.25, -0.2) is 0 Å². The number of hydrogen-bond donors (Lipinski definition) is 1. The van der Waals surface area contributed by atoms with Gasteiger partial charge in [0.2, 0.25) is 0 Å². The van der Waals surface area contributed by atoms with Crippen molar-refractivity contribution < 1.29 is 19.4 Å². The van der Waals surface area contributed by atoms with Crippen LogP contribution in [0.1, 0.15) is 21.8 Å². The summed E-state index contributed by atoms with van der Waals surface area (Å²) in [6.07, 6.45) is 0. The number of carbonyl (C=O) groups excluding carboxylic acids is 1. The SMILES string of the molecule is COc1cc(Cl)ccc1C(=O)N1CC(C(=O)O)C(c2ccccc2)C1. The number of likely N-dealkylation sites (tertiary alicyclic amines) is 1. The monoisotopic (exact) mass is 359 g/mol. The molecular formula is C19H18ClNO4. The number of amides is 1. The molecule has 2 atom stereocenters. The number of nitrogens with zero attached hydrogens (tertiary/aromatic N) is 1. The van der Waals surface area contributed by atoms with Gasteiger partial charge in [-0.05, 0) is 23.8 Å². The minimum Gasteiger partial charge on any atom is -0.496 e. The van der Waals surface area contributed by atoms with Gasteiger partial charge in [0.1, 0.15) is 5.75 Å². The van der Waals surface area contributed by atoms with Gasteiger partial charge < -0.3 is 14.7 Å². The van der Waals surface area contributed by atoms with Crippen molar-refractivity contribution in [2.24, 2.45) is 5.92 Å². The van der Waals surface area contributed by atoms with Crippen LogP contribution in [0, 0.1) is 5.92 Å². The van der Waals surface area contributed by atoms with Crippen molar-refractivity contribution in [1.82, 2.24) is 4.90 Å². The topological polar surface area (TPSA) is 66.8 Å². The molecule has 0 radical (unpaired) electrons. The summed E-state index contributed by atoms with van der Waals surface area (Å²) in [6, 6.07) is 14.2. The Morgan fingerprint density at radius 2 is 1.88 bits per heavy atom. The molecule has 1 aliphatic heterocycles.